The van der Waals surface area contributed by atoms with Gasteiger partial charge >= 0.3 is 6.18 Å². The lowest BCUT2D eigenvalue weighted by Crippen LogP contribution is -2.47. The molecule has 0 bridgehead atoms. The molecule has 1 aromatic heterocycles. The van der Waals surface area contributed by atoms with Gasteiger partial charge in [-0.3, -0.25) is 9.89 Å². The SMILES string of the molecule is N#CC1(NC(=O)[C@@H]2C[C@@H](S(=O)(=O)c3ccccc3C(F)(F)F)CN2c2cc(C3CC3)[nH]n2)CC1. The van der Waals surface area contributed by atoms with Crippen molar-refractivity contribution in [3.8, 4) is 6.07 Å². The number of alkyl halides is 3. The van der Waals surface area contributed by atoms with Gasteiger partial charge in [0.1, 0.15) is 11.6 Å². The molecule has 1 aromatic carbocycles. The number of aromatic amines is 1. The van der Waals surface area contributed by atoms with Crippen molar-refractivity contribution in [1.29, 1.82) is 5.26 Å². The predicted octanol–water partition coefficient (Wildman–Crippen LogP) is 2.90. The van der Waals surface area contributed by atoms with Crippen LogP contribution in [0.25, 0.3) is 0 Å². The van der Waals surface area contributed by atoms with E-state index in [4.69, 9.17) is 0 Å². The van der Waals surface area contributed by atoms with E-state index in [1.807, 2.05) is 0 Å². The number of nitriles is 1. The topological polar surface area (TPSA) is 119 Å². The number of nitrogens with one attached hydrogen (secondary N) is 2. The first-order chi connectivity index (χ1) is 16.0. The quantitative estimate of drug-likeness (QED) is 0.639. The molecule has 180 valence electrons. The van der Waals surface area contributed by atoms with Gasteiger partial charge in [0.05, 0.1) is 21.8 Å². The largest absolute Gasteiger partial charge is 0.417 e. The normalized spacial score (nSPS) is 24.0. The van der Waals surface area contributed by atoms with Crippen molar-refractivity contribution in [2.24, 2.45) is 0 Å². The van der Waals surface area contributed by atoms with Crippen LogP contribution in [-0.4, -0.2) is 47.9 Å². The highest BCUT2D eigenvalue weighted by molar-refractivity contribution is 7.92. The Kier molecular flexibility index (Phi) is 5.16. The number of nitrogens with zero attached hydrogens (tertiary/aromatic N) is 3. The van der Waals surface area contributed by atoms with E-state index >= 15 is 0 Å². The minimum Gasteiger partial charge on any atom is -0.342 e. The summed E-state index contributed by atoms with van der Waals surface area (Å²) in [4.78, 5) is 13.8. The molecular formula is C22H22F3N5O3S. The van der Waals surface area contributed by atoms with Gasteiger partial charge in [-0.2, -0.15) is 23.5 Å². The molecule has 2 heterocycles. The maximum atomic E-state index is 13.5. The summed E-state index contributed by atoms with van der Waals surface area (Å²) in [5, 5.41) is 17.9. The highest BCUT2D eigenvalue weighted by Gasteiger charge is 2.50. The highest BCUT2D eigenvalue weighted by atomic mass is 32.2. The zero-order valence-electron chi connectivity index (χ0n) is 18.0. The minimum atomic E-state index is -4.84. The van der Waals surface area contributed by atoms with E-state index in [9.17, 15) is 31.6 Å². The third-order valence-corrected chi connectivity index (χ3v) is 8.91. The van der Waals surface area contributed by atoms with Crippen molar-refractivity contribution in [3.63, 3.8) is 0 Å². The number of hydrogen-bond donors (Lipinski definition) is 2. The molecule has 2 aliphatic carbocycles. The van der Waals surface area contributed by atoms with Crippen LogP contribution in [0.2, 0.25) is 0 Å². The molecule has 1 amide bonds. The molecule has 2 aromatic rings. The first-order valence-electron chi connectivity index (χ1n) is 11.0. The highest BCUT2D eigenvalue weighted by Crippen LogP contribution is 2.42. The Bertz CT molecular complexity index is 1280. The van der Waals surface area contributed by atoms with Crippen molar-refractivity contribution in [3.05, 3.63) is 41.6 Å². The minimum absolute atomic E-state index is 0.193. The Labute approximate surface area is 194 Å². The van der Waals surface area contributed by atoms with Crippen LogP contribution in [0.4, 0.5) is 19.0 Å². The zero-order chi connectivity index (χ0) is 24.3. The van der Waals surface area contributed by atoms with Gasteiger partial charge in [-0.1, -0.05) is 12.1 Å². The average molecular weight is 494 g/mol. The summed E-state index contributed by atoms with van der Waals surface area (Å²) in [5.74, 6) is 0.171. The number of rotatable bonds is 6. The summed E-state index contributed by atoms with van der Waals surface area (Å²) in [6.45, 7) is -0.193. The van der Waals surface area contributed by atoms with Crippen LogP contribution < -0.4 is 10.2 Å². The number of benzene rings is 1. The Hall–Kier alpha value is -3.07. The van der Waals surface area contributed by atoms with E-state index in [0.717, 1.165) is 36.7 Å². The van der Waals surface area contributed by atoms with Crippen LogP contribution in [0.15, 0.2) is 35.2 Å². The van der Waals surface area contributed by atoms with Gasteiger partial charge in [0, 0.05) is 24.2 Å². The number of carbonyl (C=O) groups excluding carboxylic acids is 1. The first-order valence-corrected chi connectivity index (χ1v) is 12.5. The summed E-state index contributed by atoms with van der Waals surface area (Å²) in [5.41, 5.74) is -1.32. The lowest BCUT2D eigenvalue weighted by Gasteiger charge is -2.24. The standard InChI is InChI=1S/C22H22F3N5O3S/c23-22(24,25)15-3-1-2-4-18(15)34(32,33)14-9-17(20(31)27-21(12-26)7-8-21)30(11-14)19-10-16(28-29-19)13-5-6-13/h1-4,10,13-14,17H,5-9,11H2,(H,27,31)(H,28,29)/t14-,17+/m1/s1. The molecule has 1 aliphatic heterocycles. The number of hydrogen-bond acceptors (Lipinski definition) is 6. The van der Waals surface area contributed by atoms with Crippen molar-refractivity contribution in [2.75, 3.05) is 11.4 Å². The first kappa shape index (κ1) is 22.7. The van der Waals surface area contributed by atoms with E-state index in [1.54, 1.807) is 6.07 Å². The summed E-state index contributed by atoms with van der Waals surface area (Å²) in [6.07, 6.45) is -2.06. The second kappa shape index (κ2) is 7.73. The number of anilines is 1. The molecule has 2 saturated carbocycles. The molecule has 8 nitrogen and oxygen atoms in total. The van der Waals surface area contributed by atoms with Crippen LogP contribution >= 0.6 is 0 Å². The molecule has 1 saturated heterocycles. The van der Waals surface area contributed by atoms with Crippen LogP contribution in [0.5, 0.6) is 0 Å². The van der Waals surface area contributed by atoms with E-state index in [-0.39, 0.29) is 13.0 Å². The van der Waals surface area contributed by atoms with Gasteiger partial charge in [0.15, 0.2) is 15.7 Å². The smallest absolute Gasteiger partial charge is 0.342 e. The third kappa shape index (κ3) is 4.02. The monoisotopic (exact) mass is 493 g/mol. The third-order valence-electron chi connectivity index (χ3n) is 6.73. The van der Waals surface area contributed by atoms with Crippen LogP contribution in [-0.2, 0) is 20.8 Å². The van der Waals surface area contributed by atoms with Crippen molar-refractivity contribution < 1.29 is 26.4 Å². The van der Waals surface area contributed by atoms with E-state index in [2.05, 4.69) is 21.6 Å². The molecule has 5 rings (SSSR count). The number of aromatic nitrogens is 2. The van der Waals surface area contributed by atoms with Gasteiger partial charge in [-0.25, -0.2) is 8.42 Å². The molecule has 34 heavy (non-hydrogen) atoms. The Morgan fingerprint density at radius 1 is 1.26 bits per heavy atom. The van der Waals surface area contributed by atoms with Crippen molar-refractivity contribution in [2.45, 2.75) is 65.9 Å². The molecule has 3 aliphatic rings. The Balaban J connectivity index is 1.48. The predicted molar refractivity (Wildman–Crippen MR) is 114 cm³/mol. The molecule has 2 atom stereocenters. The van der Waals surface area contributed by atoms with Crippen LogP contribution in [0.1, 0.15) is 49.3 Å². The zero-order valence-corrected chi connectivity index (χ0v) is 18.8. The summed E-state index contributed by atoms with van der Waals surface area (Å²) >= 11 is 0. The molecular weight excluding hydrogens is 471 g/mol. The molecule has 12 heteroatoms. The van der Waals surface area contributed by atoms with Crippen molar-refractivity contribution in [1.82, 2.24) is 15.5 Å². The molecule has 3 fully saturated rings. The van der Waals surface area contributed by atoms with Gasteiger partial charge in [0.25, 0.3) is 0 Å². The maximum absolute atomic E-state index is 13.5. The Morgan fingerprint density at radius 2 is 1.97 bits per heavy atom. The molecule has 0 radical (unpaired) electrons. The summed E-state index contributed by atoms with van der Waals surface area (Å²) < 4.78 is 67.4. The molecule has 0 unspecified atom stereocenters. The Morgan fingerprint density at radius 3 is 2.59 bits per heavy atom. The second-order valence-electron chi connectivity index (χ2n) is 9.20. The summed E-state index contributed by atoms with van der Waals surface area (Å²) in [7, 11) is -4.44. The fraction of sp³-hybridized carbons (Fsp3) is 0.500. The van der Waals surface area contributed by atoms with Gasteiger partial charge < -0.3 is 10.2 Å². The molecule has 2 N–H and O–H groups in total. The fourth-order valence-electron chi connectivity index (χ4n) is 4.44. The van der Waals surface area contributed by atoms with E-state index in [0.29, 0.717) is 24.6 Å². The van der Waals surface area contributed by atoms with E-state index in [1.165, 1.54) is 11.0 Å². The van der Waals surface area contributed by atoms with Gasteiger partial charge in [-0.05, 0) is 44.2 Å². The lowest BCUT2D eigenvalue weighted by molar-refractivity contribution is -0.139. The van der Waals surface area contributed by atoms with Crippen LogP contribution in [0, 0.1) is 11.3 Å². The summed E-state index contributed by atoms with van der Waals surface area (Å²) in [6, 6.07) is 6.91. The van der Waals surface area contributed by atoms with Gasteiger partial charge in [0.2, 0.25) is 5.91 Å². The number of sulfone groups is 1. The number of amides is 1. The number of halogens is 3. The second-order valence-corrected chi connectivity index (χ2v) is 11.4. The number of H-pyrrole nitrogens is 1. The van der Waals surface area contributed by atoms with Crippen LogP contribution in [0.3, 0.4) is 0 Å². The maximum Gasteiger partial charge on any atom is 0.417 e. The van der Waals surface area contributed by atoms with E-state index < -0.39 is 49.2 Å². The molecule has 0 spiro atoms. The van der Waals surface area contributed by atoms with Crippen molar-refractivity contribution >= 4 is 21.6 Å². The lowest BCUT2D eigenvalue weighted by atomic mass is 10.1. The average Bonchev–Trinajstić information content (AvgIpc) is 3.69. The number of carbonyl (C=O) groups is 1. The fourth-order valence-corrected chi connectivity index (χ4v) is 6.35. The van der Waals surface area contributed by atoms with Gasteiger partial charge in [-0.15, -0.1) is 0 Å².